The second-order valence-electron chi connectivity index (χ2n) is 4.61. The van der Waals surface area contributed by atoms with Crippen LogP contribution in [0.1, 0.15) is 25.0 Å². The van der Waals surface area contributed by atoms with Gasteiger partial charge in [0.1, 0.15) is 5.82 Å². The van der Waals surface area contributed by atoms with Crippen molar-refractivity contribution in [2.24, 2.45) is 5.92 Å². The molecule has 0 aliphatic carbocycles. The Balaban J connectivity index is 2.72. The summed E-state index contributed by atoms with van der Waals surface area (Å²) in [5.41, 5.74) is 1.26. The van der Waals surface area contributed by atoms with Gasteiger partial charge in [-0.25, -0.2) is 4.39 Å². The highest BCUT2D eigenvalue weighted by Crippen LogP contribution is 2.20. The van der Waals surface area contributed by atoms with Gasteiger partial charge in [-0.1, -0.05) is 25.4 Å². The van der Waals surface area contributed by atoms with Gasteiger partial charge in [0.2, 0.25) is 0 Å². The molecule has 0 heterocycles. The lowest BCUT2D eigenvalue weighted by Crippen LogP contribution is -2.36. The Labute approximate surface area is 107 Å². The van der Waals surface area contributed by atoms with Gasteiger partial charge < -0.3 is 10.4 Å². The summed E-state index contributed by atoms with van der Waals surface area (Å²) in [6.45, 7) is 6.24. The van der Waals surface area contributed by atoms with Crippen molar-refractivity contribution in [2.45, 2.75) is 33.4 Å². The molecule has 0 fully saturated rings. The van der Waals surface area contributed by atoms with Crippen molar-refractivity contribution in [3.05, 3.63) is 34.1 Å². The first-order valence-electron chi connectivity index (χ1n) is 5.74. The quantitative estimate of drug-likeness (QED) is 0.852. The molecule has 96 valence electrons. The minimum Gasteiger partial charge on any atom is -0.395 e. The average molecular weight is 260 g/mol. The second kappa shape index (κ2) is 6.34. The van der Waals surface area contributed by atoms with Crippen LogP contribution < -0.4 is 5.32 Å². The van der Waals surface area contributed by atoms with Crippen LogP contribution >= 0.6 is 11.6 Å². The van der Waals surface area contributed by atoms with E-state index in [0.717, 1.165) is 0 Å². The number of rotatable bonds is 5. The molecule has 1 aromatic carbocycles. The topological polar surface area (TPSA) is 32.3 Å². The highest BCUT2D eigenvalue weighted by molar-refractivity contribution is 6.31. The summed E-state index contributed by atoms with van der Waals surface area (Å²) in [5, 5.41) is 12.9. The number of hydrogen-bond acceptors (Lipinski definition) is 2. The van der Waals surface area contributed by atoms with Crippen LogP contribution in [0, 0.1) is 18.7 Å². The van der Waals surface area contributed by atoms with Crippen LogP contribution in [0.2, 0.25) is 5.02 Å². The van der Waals surface area contributed by atoms with Crippen molar-refractivity contribution in [1.82, 2.24) is 5.32 Å². The van der Waals surface area contributed by atoms with Gasteiger partial charge in [0.25, 0.3) is 0 Å². The molecule has 4 heteroatoms. The fraction of sp³-hybridized carbons (Fsp3) is 0.538. The summed E-state index contributed by atoms with van der Waals surface area (Å²) in [7, 11) is 0. The van der Waals surface area contributed by atoms with E-state index in [-0.39, 0.29) is 18.5 Å². The number of aliphatic hydroxyl groups excluding tert-OH is 1. The SMILES string of the molecule is Cc1cc(Cl)c(CNC(CO)C(C)C)cc1F. The molecule has 2 N–H and O–H groups in total. The number of hydrogen-bond donors (Lipinski definition) is 2. The Morgan fingerprint density at radius 3 is 2.59 bits per heavy atom. The van der Waals surface area contributed by atoms with E-state index in [4.69, 9.17) is 11.6 Å². The summed E-state index contributed by atoms with van der Waals surface area (Å²) in [5.74, 6) is 0.0605. The van der Waals surface area contributed by atoms with Gasteiger partial charge in [-0.2, -0.15) is 0 Å². The predicted molar refractivity (Wildman–Crippen MR) is 68.7 cm³/mol. The Morgan fingerprint density at radius 2 is 2.06 bits per heavy atom. The Kier molecular flexibility index (Phi) is 5.37. The average Bonchev–Trinajstić information content (AvgIpc) is 2.25. The van der Waals surface area contributed by atoms with Crippen molar-refractivity contribution in [1.29, 1.82) is 0 Å². The van der Waals surface area contributed by atoms with Gasteiger partial charge in [0, 0.05) is 17.6 Å². The zero-order chi connectivity index (χ0) is 13.0. The largest absolute Gasteiger partial charge is 0.395 e. The smallest absolute Gasteiger partial charge is 0.126 e. The monoisotopic (exact) mass is 259 g/mol. The first-order chi connectivity index (χ1) is 7.95. The molecular weight excluding hydrogens is 241 g/mol. The molecule has 0 aromatic heterocycles. The second-order valence-corrected chi connectivity index (χ2v) is 5.01. The molecule has 1 atom stereocenters. The van der Waals surface area contributed by atoms with E-state index in [2.05, 4.69) is 5.32 Å². The summed E-state index contributed by atoms with van der Waals surface area (Å²) >= 11 is 6.04. The van der Waals surface area contributed by atoms with Crippen LogP contribution in [0.3, 0.4) is 0 Å². The third kappa shape index (κ3) is 3.95. The molecule has 0 bridgehead atoms. The number of nitrogens with one attached hydrogen (secondary N) is 1. The first kappa shape index (κ1) is 14.4. The predicted octanol–water partition coefficient (Wildman–Crippen LogP) is 2.89. The van der Waals surface area contributed by atoms with Crippen molar-refractivity contribution < 1.29 is 9.50 Å². The van der Waals surface area contributed by atoms with E-state index < -0.39 is 0 Å². The number of benzene rings is 1. The maximum Gasteiger partial charge on any atom is 0.126 e. The van der Waals surface area contributed by atoms with E-state index in [1.807, 2.05) is 13.8 Å². The van der Waals surface area contributed by atoms with Gasteiger partial charge in [0.05, 0.1) is 6.61 Å². The molecule has 17 heavy (non-hydrogen) atoms. The summed E-state index contributed by atoms with van der Waals surface area (Å²) in [6.07, 6.45) is 0. The molecule has 0 amide bonds. The summed E-state index contributed by atoms with van der Waals surface area (Å²) in [6, 6.07) is 3.06. The normalized spacial score (nSPS) is 13.1. The molecule has 0 aliphatic rings. The van der Waals surface area contributed by atoms with E-state index in [1.54, 1.807) is 13.0 Å². The fourth-order valence-corrected chi connectivity index (χ4v) is 1.86. The molecule has 0 spiro atoms. The Bertz CT molecular complexity index is 382. The fourth-order valence-electron chi connectivity index (χ4n) is 1.58. The van der Waals surface area contributed by atoms with Crippen LogP contribution in [-0.4, -0.2) is 17.8 Å². The van der Waals surface area contributed by atoms with Crippen LogP contribution in [0.25, 0.3) is 0 Å². The van der Waals surface area contributed by atoms with E-state index in [9.17, 15) is 9.50 Å². The molecular formula is C13H19ClFNO. The number of aryl methyl sites for hydroxylation is 1. The number of halogens is 2. The standard InChI is InChI=1S/C13H19ClFNO/c1-8(2)13(7-17)16-6-10-5-12(15)9(3)4-11(10)14/h4-5,8,13,16-17H,6-7H2,1-3H3. The van der Waals surface area contributed by atoms with Gasteiger partial charge in [-0.15, -0.1) is 0 Å². The van der Waals surface area contributed by atoms with E-state index in [0.29, 0.717) is 28.6 Å². The third-order valence-electron chi connectivity index (χ3n) is 2.88. The molecule has 1 rings (SSSR count). The van der Waals surface area contributed by atoms with E-state index in [1.165, 1.54) is 6.07 Å². The third-order valence-corrected chi connectivity index (χ3v) is 3.24. The van der Waals surface area contributed by atoms with Crippen LogP contribution in [-0.2, 0) is 6.54 Å². The van der Waals surface area contributed by atoms with Crippen LogP contribution in [0.5, 0.6) is 0 Å². The minimum atomic E-state index is -0.253. The molecule has 0 radical (unpaired) electrons. The zero-order valence-corrected chi connectivity index (χ0v) is 11.2. The lowest BCUT2D eigenvalue weighted by molar-refractivity contribution is 0.210. The maximum atomic E-state index is 13.4. The molecule has 0 saturated carbocycles. The summed E-state index contributed by atoms with van der Waals surface area (Å²) in [4.78, 5) is 0. The van der Waals surface area contributed by atoms with Crippen molar-refractivity contribution in [2.75, 3.05) is 6.61 Å². The Morgan fingerprint density at radius 1 is 1.41 bits per heavy atom. The van der Waals surface area contributed by atoms with Gasteiger partial charge in [-0.05, 0) is 36.1 Å². The van der Waals surface area contributed by atoms with Crippen LogP contribution in [0.15, 0.2) is 12.1 Å². The number of aliphatic hydroxyl groups is 1. The molecule has 0 saturated heterocycles. The maximum absolute atomic E-state index is 13.4. The van der Waals surface area contributed by atoms with Gasteiger partial charge >= 0.3 is 0 Å². The lowest BCUT2D eigenvalue weighted by atomic mass is 10.0. The molecule has 2 nitrogen and oxygen atoms in total. The molecule has 1 aromatic rings. The zero-order valence-electron chi connectivity index (χ0n) is 10.4. The highest BCUT2D eigenvalue weighted by Gasteiger charge is 2.12. The molecule has 1 unspecified atom stereocenters. The van der Waals surface area contributed by atoms with Gasteiger partial charge in [0.15, 0.2) is 0 Å². The van der Waals surface area contributed by atoms with Crippen molar-refractivity contribution in [3.63, 3.8) is 0 Å². The lowest BCUT2D eigenvalue weighted by Gasteiger charge is -2.20. The van der Waals surface area contributed by atoms with Gasteiger partial charge in [-0.3, -0.25) is 0 Å². The first-order valence-corrected chi connectivity index (χ1v) is 6.12. The molecule has 0 aliphatic heterocycles. The van der Waals surface area contributed by atoms with Crippen molar-refractivity contribution in [3.8, 4) is 0 Å². The van der Waals surface area contributed by atoms with Crippen molar-refractivity contribution >= 4 is 11.6 Å². The summed E-state index contributed by atoms with van der Waals surface area (Å²) < 4.78 is 13.4. The highest BCUT2D eigenvalue weighted by atomic mass is 35.5. The minimum absolute atomic E-state index is 0.00423. The Hall–Kier alpha value is -0.640. The van der Waals surface area contributed by atoms with E-state index >= 15 is 0 Å². The van der Waals surface area contributed by atoms with Crippen LogP contribution in [0.4, 0.5) is 4.39 Å².